The maximum absolute atomic E-state index is 8.77. The SMILES string of the molecule is Cc1c(C#N)ccc(OC(N)=S)c1C. The van der Waals surface area contributed by atoms with E-state index < -0.39 is 0 Å². The maximum Gasteiger partial charge on any atom is 0.259 e. The average Bonchev–Trinajstić information content (AvgIpc) is 2.13. The van der Waals surface area contributed by atoms with E-state index in [4.69, 9.17) is 15.7 Å². The van der Waals surface area contributed by atoms with Crippen LogP contribution in [0.2, 0.25) is 0 Å². The van der Waals surface area contributed by atoms with Gasteiger partial charge in [-0.1, -0.05) is 0 Å². The van der Waals surface area contributed by atoms with E-state index in [-0.39, 0.29) is 5.17 Å². The summed E-state index contributed by atoms with van der Waals surface area (Å²) in [6.45, 7) is 3.73. The Labute approximate surface area is 88.1 Å². The summed E-state index contributed by atoms with van der Waals surface area (Å²) in [4.78, 5) is 0. The zero-order valence-corrected chi connectivity index (χ0v) is 8.81. The van der Waals surface area contributed by atoms with E-state index in [9.17, 15) is 0 Å². The van der Waals surface area contributed by atoms with Gasteiger partial charge in [0.15, 0.2) is 0 Å². The summed E-state index contributed by atoms with van der Waals surface area (Å²) in [6, 6.07) is 5.48. The molecule has 0 spiro atoms. The second-order valence-corrected chi connectivity index (χ2v) is 3.30. The molecule has 0 bridgehead atoms. The standard InChI is InChI=1S/C10H10N2OS/c1-6-7(2)9(13-10(12)14)4-3-8(6)5-11/h3-4H,1-2H3,(H2,12,14). The fourth-order valence-electron chi connectivity index (χ4n) is 1.14. The Morgan fingerprint density at radius 2 is 2.07 bits per heavy atom. The molecule has 1 aromatic carbocycles. The molecule has 4 heteroatoms. The summed E-state index contributed by atoms with van der Waals surface area (Å²) in [6.07, 6.45) is 0. The molecule has 0 aliphatic heterocycles. The van der Waals surface area contributed by atoms with Crippen molar-refractivity contribution in [3.8, 4) is 11.8 Å². The fourth-order valence-corrected chi connectivity index (χ4v) is 1.23. The average molecular weight is 206 g/mol. The molecule has 2 N–H and O–H groups in total. The highest BCUT2D eigenvalue weighted by Gasteiger charge is 2.07. The van der Waals surface area contributed by atoms with Crippen molar-refractivity contribution in [3.63, 3.8) is 0 Å². The fraction of sp³-hybridized carbons (Fsp3) is 0.200. The van der Waals surface area contributed by atoms with E-state index in [0.717, 1.165) is 11.1 Å². The third-order valence-corrected chi connectivity index (χ3v) is 2.15. The van der Waals surface area contributed by atoms with Crippen LogP contribution < -0.4 is 10.5 Å². The zero-order chi connectivity index (χ0) is 10.7. The summed E-state index contributed by atoms with van der Waals surface area (Å²) in [5, 5.41) is 8.76. The lowest BCUT2D eigenvalue weighted by atomic mass is 10.0. The largest absolute Gasteiger partial charge is 0.432 e. The summed E-state index contributed by atoms with van der Waals surface area (Å²) < 4.78 is 5.13. The molecule has 0 unspecified atom stereocenters. The van der Waals surface area contributed by atoms with Crippen molar-refractivity contribution in [2.24, 2.45) is 5.73 Å². The highest BCUT2D eigenvalue weighted by molar-refractivity contribution is 7.80. The molecule has 0 heterocycles. The number of nitrogens with zero attached hydrogens (tertiary/aromatic N) is 1. The van der Waals surface area contributed by atoms with Crippen LogP contribution in [0.15, 0.2) is 12.1 Å². The zero-order valence-electron chi connectivity index (χ0n) is 8.00. The van der Waals surface area contributed by atoms with E-state index in [2.05, 4.69) is 18.3 Å². The van der Waals surface area contributed by atoms with E-state index >= 15 is 0 Å². The number of thiocarbonyl (C=S) groups is 1. The van der Waals surface area contributed by atoms with Crippen LogP contribution in [0.25, 0.3) is 0 Å². The predicted molar refractivity (Wildman–Crippen MR) is 58.0 cm³/mol. The number of nitriles is 1. The number of nitrogens with two attached hydrogens (primary N) is 1. The van der Waals surface area contributed by atoms with Gasteiger partial charge in [0.25, 0.3) is 5.17 Å². The molecule has 3 nitrogen and oxygen atoms in total. The Kier molecular flexibility index (Phi) is 3.05. The molecule has 72 valence electrons. The Morgan fingerprint density at radius 3 is 2.57 bits per heavy atom. The number of benzene rings is 1. The third-order valence-electron chi connectivity index (χ3n) is 2.07. The molecule has 0 saturated carbocycles. The van der Waals surface area contributed by atoms with Crippen molar-refractivity contribution in [1.82, 2.24) is 0 Å². The van der Waals surface area contributed by atoms with Crippen LogP contribution in [0, 0.1) is 25.2 Å². The van der Waals surface area contributed by atoms with Crippen LogP contribution in [0.5, 0.6) is 5.75 Å². The van der Waals surface area contributed by atoms with Gasteiger partial charge < -0.3 is 10.5 Å². The van der Waals surface area contributed by atoms with Crippen molar-refractivity contribution in [1.29, 1.82) is 5.26 Å². The van der Waals surface area contributed by atoms with Crippen molar-refractivity contribution >= 4 is 17.4 Å². The first-order valence-corrected chi connectivity index (χ1v) is 4.44. The molecule has 14 heavy (non-hydrogen) atoms. The molecule has 0 fully saturated rings. The lowest BCUT2D eigenvalue weighted by molar-refractivity contribution is 0.552. The molecule has 0 aromatic heterocycles. The highest BCUT2D eigenvalue weighted by atomic mass is 32.1. The molecule has 0 saturated heterocycles. The molecule has 0 amide bonds. The highest BCUT2D eigenvalue weighted by Crippen LogP contribution is 2.23. The monoisotopic (exact) mass is 206 g/mol. The summed E-state index contributed by atoms with van der Waals surface area (Å²) in [5.74, 6) is 0.606. The molecule has 0 aliphatic carbocycles. The lowest BCUT2D eigenvalue weighted by Gasteiger charge is -2.09. The van der Waals surface area contributed by atoms with Crippen molar-refractivity contribution < 1.29 is 4.74 Å². The minimum Gasteiger partial charge on any atom is -0.432 e. The van der Waals surface area contributed by atoms with Crippen molar-refractivity contribution in [2.75, 3.05) is 0 Å². The molecule has 0 aliphatic rings. The van der Waals surface area contributed by atoms with E-state index in [1.54, 1.807) is 12.1 Å². The summed E-state index contributed by atoms with van der Waals surface area (Å²) >= 11 is 4.63. The van der Waals surface area contributed by atoms with E-state index in [0.29, 0.717) is 11.3 Å². The quantitative estimate of drug-likeness (QED) is 0.712. The van der Waals surface area contributed by atoms with Gasteiger partial charge in [-0.05, 0) is 49.3 Å². The molecule has 1 rings (SSSR count). The van der Waals surface area contributed by atoms with Gasteiger partial charge in [-0.15, -0.1) is 0 Å². The second kappa shape index (κ2) is 4.07. The van der Waals surface area contributed by atoms with Gasteiger partial charge in [0.1, 0.15) is 5.75 Å². The van der Waals surface area contributed by atoms with Crippen LogP contribution in [0.1, 0.15) is 16.7 Å². The maximum atomic E-state index is 8.77. The van der Waals surface area contributed by atoms with Gasteiger partial charge in [-0.3, -0.25) is 0 Å². The Bertz CT molecular complexity index is 421. The minimum absolute atomic E-state index is 0.0165. The second-order valence-electron chi connectivity index (χ2n) is 2.89. The van der Waals surface area contributed by atoms with Crippen molar-refractivity contribution in [2.45, 2.75) is 13.8 Å². The van der Waals surface area contributed by atoms with E-state index in [1.807, 2.05) is 13.8 Å². The lowest BCUT2D eigenvalue weighted by Crippen LogP contribution is -2.16. The van der Waals surface area contributed by atoms with E-state index in [1.165, 1.54) is 0 Å². The molecular weight excluding hydrogens is 196 g/mol. The normalized spacial score (nSPS) is 9.21. The minimum atomic E-state index is -0.0165. The summed E-state index contributed by atoms with van der Waals surface area (Å²) in [5.41, 5.74) is 7.67. The van der Waals surface area contributed by atoms with Crippen LogP contribution in [-0.4, -0.2) is 5.17 Å². The van der Waals surface area contributed by atoms with Gasteiger partial charge in [-0.2, -0.15) is 5.26 Å². The number of hydrogen-bond donors (Lipinski definition) is 1. The summed E-state index contributed by atoms with van der Waals surface area (Å²) in [7, 11) is 0. The van der Waals surface area contributed by atoms with Crippen LogP contribution in [-0.2, 0) is 0 Å². The molecule has 0 radical (unpaired) electrons. The topological polar surface area (TPSA) is 59.0 Å². The smallest absolute Gasteiger partial charge is 0.259 e. The Morgan fingerprint density at radius 1 is 1.43 bits per heavy atom. The van der Waals surface area contributed by atoms with Gasteiger partial charge in [0.2, 0.25) is 0 Å². The number of rotatable bonds is 1. The Hall–Kier alpha value is -1.60. The third kappa shape index (κ3) is 2.01. The number of hydrogen-bond acceptors (Lipinski definition) is 3. The predicted octanol–water partition coefficient (Wildman–Crippen LogP) is 1.80. The van der Waals surface area contributed by atoms with Gasteiger partial charge >= 0.3 is 0 Å². The van der Waals surface area contributed by atoms with Crippen LogP contribution in [0.3, 0.4) is 0 Å². The Balaban J connectivity index is 3.18. The van der Waals surface area contributed by atoms with Gasteiger partial charge in [0, 0.05) is 0 Å². The van der Waals surface area contributed by atoms with Crippen LogP contribution in [0.4, 0.5) is 0 Å². The first-order chi connectivity index (χ1) is 6.56. The molecule has 0 atom stereocenters. The molecular formula is C10H10N2OS. The van der Waals surface area contributed by atoms with Gasteiger partial charge in [-0.25, -0.2) is 0 Å². The molecule has 1 aromatic rings. The first-order valence-electron chi connectivity index (χ1n) is 4.04. The van der Waals surface area contributed by atoms with Gasteiger partial charge in [0.05, 0.1) is 11.6 Å². The van der Waals surface area contributed by atoms with Crippen molar-refractivity contribution in [3.05, 3.63) is 28.8 Å². The number of ether oxygens (including phenoxy) is 1. The van der Waals surface area contributed by atoms with Crippen LogP contribution >= 0.6 is 12.2 Å². The first kappa shape index (κ1) is 10.5.